The van der Waals surface area contributed by atoms with Crippen LogP contribution < -0.4 is 0 Å². The Kier molecular flexibility index (Phi) is 4.45. The maximum atomic E-state index is 12.6. The molecular formula is C17H21N3O3. The molecule has 2 atom stereocenters. The highest BCUT2D eigenvalue weighted by atomic mass is 16.7. The molecule has 0 radical (unpaired) electrons. The second-order valence-electron chi connectivity index (χ2n) is 5.72. The molecule has 1 fully saturated rings. The Morgan fingerprint density at radius 3 is 2.87 bits per heavy atom. The van der Waals surface area contributed by atoms with Crippen molar-refractivity contribution in [1.29, 1.82) is 0 Å². The van der Waals surface area contributed by atoms with Gasteiger partial charge in [0.05, 0.1) is 25.5 Å². The number of hydrogen-bond donors (Lipinski definition) is 0. The van der Waals surface area contributed by atoms with E-state index in [0.29, 0.717) is 19.6 Å². The minimum Gasteiger partial charge on any atom is -0.464 e. The number of hydrogen-bond acceptors (Lipinski definition) is 5. The van der Waals surface area contributed by atoms with E-state index < -0.39 is 5.60 Å². The zero-order valence-electron chi connectivity index (χ0n) is 13.4. The first-order chi connectivity index (χ1) is 11.1. The van der Waals surface area contributed by atoms with Crippen molar-refractivity contribution in [3.05, 3.63) is 54.6 Å². The molecular weight excluding hydrogens is 294 g/mol. The Labute approximate surface area is 135 Å². The molecule has 2 unspecified atom stereocenters. The number of carbonyl (C=O) groups excluding carboxylic acids is 1. The molecule has 0 bridgehead atoms. The van der Waals surface area contributed by atoms with Crippen LogP contribution in [0.4, 0.5) is 0 Å². The Balaban J connectivity index is 1.89. The van der Waals surface area contributed by atoms with Crippen molar-refractivity contribution < 1.29 is 14.4 Å². The Morgan fingerprint density at radius 2 is 2.22 bits per heavy atom. The Bertz CT molecular complexity index is 644. The van der Waals surface area contributed by atoms with Crippen LogP contribution in [0.15, 0.2) is 49.1 Å². The van der Waals surface area contributed by atoms with Crippen LogP contribution in [0.2, 0.25) is 0 Å². The number of benzene rings is 1. The maximum Gasteiger partial charge on any atom is 0.342 e. The first-order valence-corrected chi connectivity index (χ1v) is 7.74. The van der Waals surface area contributed by atoms with Crippen molar-refractivity contribution in [2.24, 2.45) is 0 Å². The summed E-state index contributed by atoms with van der Waals surface area (Å²) in [5, 5.41) is 1.75. The quantitative estimate of drug-likeness (QED) is 0.792. The number of nitrogens with zero attached hydrogens (tertiary/aromatic N) is 3. The zero-order valence-corrected chi connectivity index (χ0v) is 13.4. The third-order valence-corrected chi connectivity index (χ3v) is 4.11. The van der Waals surface area contributed by atoms with Crippen LogP contribution in [-0.2, 0) is 20.9 Å². The third kappa shape index (κ3) is 3.13. The highest BCUT2D eigenvalue weighted by Crippen LogP contribution is 2.41. The Hall–Kier alpha value is -2.18. The minimum absolute atomic E-state index is 0.00382. The summed E-state index contributed by atoms with van der Waals surface area (Å²) < 4.78 is 7.13. The van der Waals surface area contributed by atoms with E-state index in [1.54, 1.807) is 24.5 Å². The molecule has 3 rings (SSSR count). The number of carbonyl (C=O) groups is 1. The molecule has 6 nitrogen and oxygen atoms in total. The number of hydroxylamine groups is 2. The second kappa shape index (κ2) is 6.52. The molecule has 23 heavy (non-hydrogen) atoms. The van der Waals surface area contributed by atoms with Crippen LogP contribution in [0, 0.1) is 0 Å². The molecule has 0 saturated carbocycles. The van der Waals surface area contributed by atoms with Crippen LogP contribution in [0.1, 0.15) is 24.9 Å². The van der Waals surface area contributed by atoms with Gasteiger partial charge in [0, 0.05) is 25.9 Å². The lowest BCUT2D eigenvalue weighted by atomic mass is 9.92. The highest BCUT2D eigenvalue weighted by molar-refractivity contribution is 5.80. The van der Waals surface area contributed by atoms with Gasteiger partial charge < -0.3 is 9.30 Å². The van der Waals surface area contributed by atoms with Gasteiger partial charge in [-0.15, -0.1) is 0 Å². The second-order valence-corrected chi connectivity index (χ2v) is 5.72. The smallest absolute Gasteiger partial charge is 0.342 e. The van der Waals surface area contributed by atoms with E-state index in [4.69, 9.17) is 9.57 Å². The molecule has 1 aromatic carbocycles. The molecule has 6 heteroatoms. The van der Waals surface area contributed by atoms with Gasteiger partial charge in [-0.3, -0.25) is 4.84 Å². The van der Waals surface area contributed by atoms with Gasteiger partial charge in [-0.05, 0) is 12.5 Å². The topological polar surface area (TPSA) is 56.6 Å². The molecule has 2 heterocycles. The number of ether oxygens (including phenoxy) is 1. The van der Waals surface area contributed by atoms with Gasteiger partial charge in [0.2, 0.25) is 5.60 Å². The molecule has 1 aliphatic rings. The highest BCUT2D eigenvalue weighted by Gasteiger charge is 2.52. The van der Waals surface area contributed by atoms with E-state index in [9.17, 15) is 4.79 Å². The predicted octanol–water partition coefficient (Wildman–Crippen LogP) is 2.19. The van der Waals surface area contributed by atoms with E-state index in [1.807, 2.05) is 48.1 Å². The van der Waals surface area contributed by atoms with Crippen molar-refractivity contribution in [2.45, 2.75) is 31.5 Å². The van der Waals surface area contributed by atoms with Crippen molar-refractivity contribution in [3.8, 4) is 0 Å². The molecule has 122 valence electrons. The summed E-state index contributed by atoms with van der Waals surface area (Å²) >= 11 is 0. The summed E-state index contributed by atoms with van der Waals surface area (Å²) in [6.07, 6.45) is 5.72. The van der Waals surface area contributed by atoms with Crippen LogP contribution >= 0.6 is 0 Å². The average molecular weight is 315 g/mol. The van der Waals surface area contributed by atoms with Gasteiger partial charge in [0.1, 0.15) is 0 Å². The molecule has 1 aliphatic heterocycles. The standard InChI is InChI=1S/C17H21N3O3/c1-3-22-16(21)17(12-20-10-9-18-13-20)11-15(19(2)23-17)14-7-5-4-6-8-14/h4-10,13,15H,3,11-12H2,1-2H3. The summed E-state index contributed by atoms with van der Waals surface area (Å²) in [4.78, 5) is 22.7. The first kappa shape index (κ1) is 15.7. The van der Waals surface area contributed by atoms with Crippen molar-refractivity contribution in [2.75, 3.05) is 13.7 Å². The predicted molar refractivity (Wildman–Crippen MR) is 84.2 cm³/mol. The molecule has 0 aliphatic carbocycles. The fourth-order valence-corrected chi connectivity index (χ4v) is 3.04. The van der Waals surface area contributed by atoms with E-state index in [-0.39, 0.29) is 12.0 Å². The lowest BCUT2D eigenvalue weighted by Gasteiger charge is -2.26. The van der Waals surface area contributed by atoms with Crippen LogP contribution in [0.5, 0.6) is 0 Å². The van der Waals surface area contributed by atoms with E-state index in [2.05, 4.69) is 4.98 Å². The average Bonchev–Trinajstić information content (AvgIpc) is 3.17. The molecule has 0 N–H and O–H groups in total. The number of aromatic nitrogens is 2. The van der Waals surface area contributed by atoms with Gasteiger partial charge in [-0.2, -0.15) is 5.06 Å². The number of imidazole rings is 1. The number of rotatable bonds is 5. The van der Waals surface area contributed by atoms with Gasteiger partial charge in [-0.1, -0.05) is 30.3 Å². The molecule has 1 saturated heterocycles. The van der Waals surface area contributed by atoms with E-state index in [1.165, 1.54) is 0 Å². The summed E-state index contributed by atoms with van der Waals surface area (Å²) in [6.45, 7) is 2.50. The zero-order chi connectivity index (χ0) is 16.3. The van der Waals surface area contributed by atoms with Gasteiger partial charge >= 0.3 is 5.97 Å². The fourth-order valence-electron chi connectivity index (χ4n) is 3.04. The molecule has 2 aromatic rings. The summed E-state index contributed by atoms with van der Waals surface area (Å²) in [7, 11) is 1.85. The lowest BCUT2D eigenvalue weighted by molar-refractivity contribution is -0.215. The van der Waals surface area contributed by atoms with Gasteiger partial charge in [-0.25, -0.2) is 9.78 Å². The minimum atomic E-state index is -1.04. The monoisotopic (exact) mass is 315 g/mol. The Morgan fingerprint density at radius 1 is 1.43 bits per heavy atom. The third-order valence-electron chi connectivity index (χ3n) is 4.11. The summed E-state index contributed by atoms with van der Waals surface area (Å²) in [6, 6.07) is 10.0. The largest absolute Gasteiger partial charge is 0.464 e. The molecule has 0 amide bonds. The normalized spacial score (nSPS) is 24.7. The number of esters is 1. The SMILES string of the molecule is CCOC(=O)C1(Cn2ccnc2)CC(c2ccccc2)N(C)O1. The van der Waals surface area contributed by atoms with Crippen LogP contribution in [-0.4, -0.2) is 39.8 Å². The fraction of sp³-hybridized carbons (Fsp3) is 0.412. The summed E-state index contributed by atoms with van der Waals surface area (Å²) in [5.41, 5.74) is 0.0817. The van der Waals surface area contributed by atoms with Crippen LogP contribution in [0.25, 0.3) is 0 Å². The van der Waals surface area contributed by atoms with Crippen molar-refractivity contribution in [3.63, 3.8) is 0 Å². The van der Waals surface area contributed by atoms with E-state index >= 15 is 0 Å². The van der Waals surface area contributed by atoms with Gasteiger partial charge in [0.15, 0.2) is 0 Å². The maximum absolute atomic E-state index is 12.6. The molecule has 0 spiro atoms. The van der Waals surface area contributed by atoms with Crippen molar-refractivity contribution in [1.82, 2.24) is 14.6 Å². The molecule has 1 aromatic heterocycles. The van der Waals surface area contributed by atoms with Crippen LogP contribution in [0.3, 0.4) is 0 Å². The summed E-state index contributed by atoms with van der Waals surface area (Å²) in [5.74, 6) is -0.334. The van der Waals surface area contributed by atoms with Gasteiger partial charge in [0.25, 0.3) is 0 Å². The van der Waals surface area contributed by atoms with E-state index in [0.717, 1.165) is 5.56 Å². The first-order valence-electron chi connectivity index (χ1n) is 7.74. The lowest BCUT2D eigenvalue weighted by Crippen LogP contribution is -2.44. The van der Waals surface area contributed by atoms with Crippen molar-refractivity contribution >= 4 is 5.97 Å².